The summed E-state index contributed by atoms with van der Waals surface area (Å²) in [5.74, 6) is 1.65. The van der Waals surface area contributed by atoms with Crippen molar-refractivity contribution in [2.75, 3.05) is 7.11 Å². The van der Waals surface area contributed by atoms with Crippen LogP contribution in [0.15, 0.2) is 28.7 Å². The van der Waals surface area contributed by atoms with Crippen LogP contribution in [0.5, 0.6) is 5.75 Å². The Kier molecular flexibility index (Phi) is 3.46. The van der Waals surface area contributed by atoms with Gasteiger partial charge in [-0.1, -0.05) is 26.0 Å². The van der Waals surface area contributed by atoms with Gasteiger partial charge in [-0.05, 0) is 25.5 Å². The maximum absolute atomic E-state index is 9.83. The average Bonchev–Trinajstić information content (AvgIpc) is 2.90. The molecule has 1 aliphatic carbocycles. The fraction of sp³-hybridized carbons (Fsp3) is 0.529. The van der Waals surface area contributed by atoms with Crippen LogP contribution in [0, 0.1) is 5.41 Å². The van der Waals surface area contributed by atoms with E-state index in [0.29, 0.717) is 6.04 Å². The highest BCUT2D eigenvalue weighted by Gasteiger charge is 2.47. The molecular weight excluding hydrogens is 266 g/mol. The number of methoxy groups -OCH3 is 1. The second-order valence-corrected chi connectivity index (χ2v) is 6.54. The molecule has 1 aromatic carbocycles. The summed E-state index contributed by atoms with van der Waals surface area (Å²) in [6.45, 7) is 6.27. The van der Waals surface area contributed by atoms with Crippen LogP contribution >= 0.6 is 0 Å². The van der Waals surface area contributed by atoms with Gasteiger partial charge < -0.3 is 19.6 Å². The average molecular weight is 289 g/mol. The van der Waals surface area contributed by atoms with Crippen LogP contribution in [0.2, 0.25) is 0 Å². The van der Waals surface area contributed by atoms with Crippen LogP contribution in [0.4, 0.5) is 0 Å². The molecule has 4 nitrogen and oxygen atoms in total. The maximum Gasteiger partial charge on any atom is 0.176 e. The molecule has 2 aromatic rings. The van der Waals surface area contributed by atoms with Crippen molar-refractivity contribution in [1.82, 2.24) is 5.32 Å². The summed E-state index contributed by atoms with van der Waals surface area (Å²) >= 11 is 0. The molecule has 3 unspecified atom stereocenters. The second-order valence-electron chi connectivity index (χ2n) is 6.54. The molecule has 4 heteroatoms. The van der Waals surface area contributed by atoms with Gasteiger partial charge in [0.25, 0.3) is 0 Å². The Morgan fingerprint density at radius 3 is 2.81 bits per heavy atom. The first-order valence-corrected chi connectivity index (χ1v) is 7.44. The Morgan fingerprint density at radius 1 is 1.43 bits per heavy atom. The van der Waals surface area contributed by atoms with Crippen molar-refractivity contribution in [3.63, 3.8) is 0 Å². The lowest BCUT2D eigenvalue weighted by molar-refractivity contribution is -0.0760. The van der Waals surface area contributed by atoms with Gasteiger partial charge in [0.05, 0.1) is 19.3 Å². The molecule has 0 aliphatic heterocycles. The number of nitrogens with one attached hydrogen (secondary N) is 1. The molecule has 0 radical (unpaired) electrons. The Bertz CT molecular complexity index is 647. The van der Waals surface area contributed by atoms with E-state index in [1.54, 1.807) is 7.11 Å². The van der Waals surface area contributed by atoms with Crippen LogP contribution in [0.1, 0.15) is 39.0 Å². The summed E-state index contributed by atoms with van der Waals surface area (Å²) in [5, 5.41) is 14.4. The minimum absolute atomic E-state index is 0.0854. The highest BCUT2D eigenvalue weighted by atomic mass is 16.5. The lowest BCUT2D eigenvalue weighted by Crippen LogP contribution is -2.60. The van der Waals surface area contributed by atoms with Crippen LogP contribution < -0.4 is 10.1 Å². The number of benzene rings is 1. The van der Waals surface area contributed by atoms with Crippen LogP contribution in [0.25, 0.3) is 11.0 Å². The normalized spacial score (nSPS) is 25.6. The Labute approximate surface area is 125 Å². The van der Waals surface area contributed by atoms with E-state index in [9.17, 15) is 5.11 Å². The lowest BCUT2D eigenvalue weighted by atomic mass is 9.64. The number of fused-ring (bicyclic) bond motifs is 1. The molecule has 0 saturated heterocycles. The zero-order chi connectivity index (χ0) is 15.2. The maximum atomic E-state index is 9.83. The van der Waals surface area contributed by atoms with E-state index in [-0.39, 0.29) is 17.6 Å². The van der Waals surface area contributed by atoms with E-state index in [0.717, 1.165) is 28.9 Å². The van der Waals surface area contributed by atoms with E-state index in [1.807, 2.05) is 18.2 Å². The number of aliphatic hydroxyl groups excluding tert-OH is 1. The van der Waals surface area contributed by atoms with E-state index in [2.05, 4.69) is 32.2 Å². The summed E-state index contributed by atoms with van der Waals surface area (Å²) in [7, 11) is 1.65. The molecule has 0 spiro atoms. The lowest BCUT2D eigenvalue weighted by Gasteiger charge is -2.50. The second kappa shape index (κ2) is 5.04. The zero-order valence-corrected chi connectivity index (χ0v) is 13.0. The quantitative estimate of drug-likeness (QED) is 0.907. The first-order chi connectivity index (χ1) is 9.93. The summed E-state index contributed by atoms with van der Waals surface area (Å²) in [4.78, 5) is 0. The number of rotatable bonds is 4. The standard InChI is InChI=1S/C17H23NO3/c1-10(18-14-9-15(19)17(14,2)3)13-8-11-6-5-7-12(20-4)16(11)21-13/h5-8,10,14-15,18-19H,9H2,1-4H3. The van der Waals surface area contributed by atoms with Crippen molar-refractivity contribution in [2.45, 2.75) is 45.4 Å². The molecule has 1 fully saturated rings. The van der Waals surface area contributed by atoms with Crippen LogP contribution in [0.3, 0.4) is 0 Å². The number of ether oxygens (including phenoxy) is 1. The Hall–Kier alpha value is -1.52. The summed E-state index contributed by atoms with van der Waals surface area (Å²) in [6, 6.07) is 8.34. The third-order valence-corrected chi connectivity index (χ3v) is 4.84. The van der Waals surface area contributed by atoms with Crippen molar-refractivity contribution in [2.24, 2.45) is 5.41 Å². The van der Waals surface area contributed by atoms with Gasteiger partial charge in [0, 0.05) is 16.8 Å². The first kappa shape index (κ1) is 14.4. The molecule has 1 saturated carbocycles. The minimum atomic E-state index is -0.224. The van der Waals surface area contributed by atoms with Crippen molar-refractivity contribution in [3.05, 3.63) is 30.0 Å². The highest BCUT2D eigenvalue weighted by Crippen LogP contribution is 2.42. The fourth-order valence-electron chi connectivity index (χ4n) is 3.00. The largest absolute Gasteiger partial charge is 0.493 e. The molecule has 3 rings (SSSR count). The van der Waals surface area contributed by atoms with E-state index in [4.69, 9.17) is 9.15 Å². The Balaban J connectivity index is 1.81. The van der Waals surface area contributed by atoms with Gasteiger partial charge in [-0.25, -0.2) is 0 Å². The number of furan rings is 1. The molecule has 114 valence electrons. The van der Waals surface area contributed by atoms with Gasteiger partial charge in [0.1, 0.15) is 5.76 Å². The monoisotopic (exact) mass is 289 g/mol. The molecule has 2 N–H and O–H groups in total. The zero-order valence-electron chi connectivity index (χ0n) is 13.0. The summed E-state index contributed by atoms with van der Waals surface area (Å²) < 4.78 is 11.3. The summed E-state index contributed by atoms with van der Waals surface area (Å²) in [6.07, 6.45) is 0.568. The SMILES string of the molecule is COc1cccc2cc(C(C)NC3CC(O)C3(C)C)oc12. The van der Waals surface area contributed by atoms with Gasteiger partial charge in [-0.2, -0.15) is 0 Å². The Morgan fingerprint density at radius 2 is 2.19 bits per heavy atom. The van der Waals surface area contributed by atoms with Gasteiger partial charge in [0.15, 0.2) is 11.3 Å². The minimum Gasteiger partial charge on any atom is -0.493 e. The van der Waals surface area contributed by atoms with Crippen molar-refractivity contribution in [1.29, 1.82) is 0 Å². The third kappa shape index (κ3) is 2.32. The summed E-state index contributed by atoms with van der Waals surface area (Å²) in [5.41, 5.74) is 0.703. The molecule has 3 atom stereocenters. The predicted molar refractivity (Wildman–Crippen MR) is 82.5 cm³/mol. The number of hydrogen-bond donors (Lipinski definition) is 2. The van der Waals surface area contributed by atoms with E-state index < -0.39 is 0 Å². The molecule has 0 amide bonds. The van der Waals surface area contributed by atoms with Gasteiger partial charge in [-0.15, -0.1) is 0 Å². The molecule has 21 heavy (non-hydrogen) atoms. The molecule has 1 heterocycles. The topological polar surface area (TPSA) is 54.6 Å². The third-order valence-electron chi connectivity index (χ3n) is 4.84. The molecule has 1 aromatic heterocycles. The molecule has 1 aliphatic rings. The van der Waals surface area contributed by atoms with E-state index in [1.165, 1.54) is 0 Å². The van der Waals surface area contributed by atoms with Crippen molar-refractivity contribution >= 4 is 11.0 Å². The van der Waals surface area contributed by atoms with Crippen LogP contribution in [-0.2, 0) is 0 Å². The number of hydrogen-bond acceptors (Lipinski definition) is 4. The predicted octanol–water partition coefficient (Wildman–Crippen LogP) is 3.25. The van der Waals surface area contributed by atoms with Crippen molar-refractivity contribution in [3.8, 4) is 5.75 Å². The van der Waals surface area contributed by atoms with Crippen molar-refractivity contribution < 1.29 is 14.3 Å². The van der Waals surface area contributed by atoms with Gasteiger partial charge in [0.2, 0.25) is 0 Å². The first-order valence-electron chi connectivity index (χ1n) is 7.44. The van der Waals surface area contributed by atoms with Crippen LogP contribution in [-0.4, -0.2) is 24.4 Å². The molecular formula is C17H23NO3. The van der Waals surface area contributed by atoms with Gasteiger partial charge in [-0.3, -0.25) is 0 Å². The van der Waals surface area contributed by atoms with Gasteiger partial charge >= 0.3 is 0 Å². The smallest absolute Gasteiger partial charge is 0.176 e. The number of aliphatic hydroxyl groups is 1. The highest BCUT2D eigenvalue weighted by molar-refractivity contribution is 5.83. The fourth-order valence-corrected chi connectivity index (χ4v) is 3.00. The molecule has 0 bridgehead atoms. The number of para-hydroxylation sites is 1. The van der Waals surface area contributed by atoms with E-state index >= 15 is 0 Å².